The van der Waals surface area contributed by atoms with Crippen LogP contribution in [-0.4, -0.2) is 19.6 Å². The predicted octanol–water partition coefficient (Wildman–Crippen LogP) is 3.42. The molecule has 1 atom stereocenters. The predicted molar refractivity (Wildman–Crippen MR) is 80.5 cm³/mol. The Morgan fingerprint density at radius 1 is 1.10 bits per heavy atom. The van der Waals surface area contributed by atoms with Crippen LogP contribution in [0.15, 0.2) is 42.5 Å². The van der Waals surface area contributed by atoms with E-state index in [1.54, 1.807) is 6.92 Å². The number of rotatable bonds is 2. The second kappa shape index (κ2) is 5.82. The Labute approximate surface area is 123 Å². The van der Waals surface area contributed by atoms with E-state index in [0.29, 0.717) is 18.7 Å². The molecule has 1 fully saturated rings. The van der Waals surface area contributed by atoms with Gasteiger partial charge in [0.25, 0.3) is 0 Å². The Balaban J connectivity index is 2.05. The Kier molecular flexibility index (Phi) is 3.88. The van der Waals surface area contributed by atoms with E-state index in [2.05, 4.69) is 5.32 Å². The zero-order chi connectivity index (χ0) is 14.8. The lowest BCUT2D eigenvalue weighted by atomic mass is 10.0. The summed E-state index contributed by atoms with van der Waals surface area (Å²) in [6.45, 7) is 3.64. The van der Waals surface area contributed by atoms with Gasteiger partial charge in [-0.05, 0) is 24.1 Å². The zero-order valence-electron chi connectivity index (χ0n) is 11.9. The number of halogens is 2. The summed E-state index contributed by atoms with van der Waals surface area (Å²) in [7, 11) is 0. The fraction of sp³-hybridized carbons (Fsp3) is 0.294. The molecule has 21 heavy (non-hydrogen) atoms. The number of anilines is 1. The summed E-state index contributed by atoms with van der Waals surface area (Å²) in [5, 5.41) is 3.30. The molecule has 0 spiro atoms. The first-order valence-electron chi connectivity index (χ1n) is 7.15. The molecule has 1 unspecified atom stereocenters. The highest BCUT2D eigenvalue weighted by Crippen LogP contribution is 2.33. The fourth-order valence-corrected chi connectivity index (χ4v) is 2.85. The van der Waals surface area contributed by atoms with E-state index in [9.17, 15) is 8.78 Å². The molecule has 1 aliphatic heterocycles. The van der Waals surface area contributed by atoms with Gasteiger partial charge in [0.1, 0.15) is 11.5 Å². The number of nitrogens with zero attached hydrogens (tertiary/aromatic N) is 1. The molecule has 1 saturated heterocycles. The fourth-order valence-electron chi connectivity index (χ4n) is 2.85. The van der Waals surface area contributed by atoms with Crippen molar-refractivity contribution < 1.29 is 8.78 Å². The van der Waals surface area contributed by atoms with E-state index in [1.165, 1.54) is 12.1 Å². The van der Waals surface area contributed by atoms with Gasteiger partial charge in [-0.15, -0.1) is 0 Å². The van der Waals surface area contributed by atoms with Gasteiger partial charge in [0.05, 0.1) is 6.04 Å². The topological polar surface area (TPSA) is 15.3 Å². The largest absolute Gasteiger partial charge is 0.357 e. The summed E-state index contributed by atoms with van der Waals surface area (Å²) >= 11 is 0. The Hall–Kier alpha value is -1.94. The average Bonchev–Trinajstić information content (AvgIpc) is 2.53. The molecule has 1 heterocycles. The lowest BCUT2D eigenvalue weighted by molar-refractivity contribution is 0.467. The second-order valence-electron chi connectivity index (χ2n) is 5.35. The third-order valence-electron chi connectivity index (χ3n) is 3.97. The molecule has 3 rings (SSSR count). The van der Waals surface area contributed by atoms with Crippen LogP contribution in [-0.2, 0) is 0 Å². The second-order valence-corrected chi connectivity index (χ2v) is 5.35. The minimum Gasteiger partial charge on any atom is -0.357 e. The Morgan fingerprint density at radius 3 is 2.62 bits per heavy atom. The van der Waals surface area contributed by atoms with Gasteiger partial charge in [-0.25, -0.2) is 8.78 Å². The number of benzene rings is 2. The van der Waals surface area contributed by atoms with Crippen LogP contribution >= 0.6 is 0 Å². The van der Waals surface area contributed by atoms with Crippen LogP contribution < -0.4 is 10.2 Å². The number of aryl methyl sites for hydroxylation is 1. The first-order valence-corrected chi connectivity index (χ1v) is 7.15. The molecular weight excluding hydrogens is 270 g/mol. The number of hydrogen-bond donors (Lipinski definition) is 1. The van der Waals surface area contributed by atoms with Gasteiger partial charge in [0, 0.05) is 19.6 Å². The van der Waals surface area contributed by atoms with E-state index >= 15 is 0 Å². The maximum Gasteiger partial charge on any atom is 0.152 e. The molecule has 0 bridgehead atoms. The highest BCUT2D eigenvalue weighted by molar-refractivity contribution is 5.54. The van der Waals surface area contributed by atoms with Crippen molar-refractivity contribution in [2.45, 2.75) is 13.0 Å². The third kappa shape index (κ3) is 2.63. The van der Waals surface area contributed by atoms with Crippen molar-refractivity contribution in [1.29, 1.82) is 0 Å². The lowest BCUT2D eigenvalue weighted by Gasteiger charge is -2.38. The van der Waals surface area contributed by atoms with E-state index < -0.39 is 11.6 Å². The zero-order valence-corrected chi connectivity index (χ0v) is 11.9. The SMILES string of the molecule is Cc1ccc(F)c(N2CCNCC2c2ccccc2)c1F. The summed E-state index contributed by atoms with van der Waals surface area (Å²) in [6.07, 6.45) is 0. The summed E-state index contributed by atoms with van der Waals surface area (Å²) < 4.78 is 28.6. The van der Waals surface area contributed by atoms with Crippen molar-refractivity contribution in [2.24, 2.45) is 0 Å². The van der Waals surface area contributed by atoms with Crippen LogP contribution in [0.3, 0.4) is 0 Å². The minimum absolute atomic E-state index is 0.0641. The van der Waals surface area contributed by atoms with Crippen LogP contribution in [0.2, 0.25) is 0 Å². The lowest BCUT2D eigenvalue weighted by Crippen LogP contribution is -2.46. The first-order chi connectivity index (χ1) is 10.2. The minimum atomic E-state index is -0.499. The quantitative estimate of drug-likeness (QED) is 0.911. The standard InChI is InChI=1S/C17H18F2N2/c1-12-7-8-14(18)17(16(12)19)21-10-9-20-11-15(21)13-5-3-2-4-6-13/h2-8,15,20H,9-11H2,1H3. The van der Waals surface area contributed by atoms with Crippen molar-refractivity contribution in [3.63, 3.8) is 0 Å². The van der Waals surface area contributed by atoms with E-state index in [4.69, 9.17) is 0 Å². The number of hydrogen-bond acceptors (Lipinski definition) is 2. The third-order valence-corrected chi connectivity index (χ3v) is 3.97. The van der Waals surface area contributed by atoms with E-state index in [0.717, 1.165) is 12.1 Å². The van der Waals surface area contributed by atoms with Crippen molar-refractivity contribution in [3.8, 4) is 0 Å². The van der Waals surface area contributed by atoms with Crippen LogP contribution in [0.1, 0.15) is 17.2 Å². The monoisotopic (exact) mass is 288 g/mol. The molecular formula is C17H18F2N2. The summed E-state index contributed by atoms with van der Waals surface area (Å²) in [4.78, 5) is 1.84. The molecule has 0 aliphatic carbocycles. The summed E-state index contributed by atoms with van der Waals surface area (Å²) in [5.41, 5.74) is 1.62. The maximum atomic E-state index is 14.4. The molecule has 1 aliphatic rings. The smallest absolute Gasteiger partial charge is 0.152 e. The van der Waals surface area contributed by atoms with E-state index in [1.807, 2.05) is 35.2 Å². The average molecular weight is 288 g/mol. The van der Waals surface area contributed by atoms with Crippen molar-refractivity contribution in [3.05, 3.63) is 65.2 Å². The van der Waals surface area contributed by atoms with Crippen molar-refractivity contribution in [2.75, 3.05) is 24.5 Å². The maximum absolute atomic E-state index is 14.4. The van der Waals surface area contributed by atoms with Crippen LogP contribution in [0.25, 0.3) is 0 Å². The number of nitrogens with one attached hydrogen (secondary N) is 1. The summed E-state index contributed by atoms with van der Waals surface area (Å²) in [6, 6.07) is 12.6. The molecule has 4 heteroatoms. The van der Waals surface area contributed by atoms with Crippen LogP contribution in [0, 0.1) is 18.6 Å². The van der Waals surface area contributed by atoms with Gasteiger partial charge in [-0.3, -0.25) is 0 Å². The molecule has 0 saturated carbocycles. The van der Waals surface area contributed by atoms with Gasteiger partial charge in [-0.1, -0.05) is 36.4 Å². The van der Waals surface area contributed by atoms with E-state index in [-0.39, 0.29) is 11.7 Å². The van der Waals surface area contributed by atoms with Crippen molar-refractivity contribution in [1.82, 2.24) is 5.32 Å². The van der Waals surface area contributed by atoms with Crippen molar-refractivity contribution >= 4 is 5.69 Å². The molecule has 2 nitrogen and oxygen atoms in total. The Bertz CT molecular complexity index is 628. The number of piperazine rings is 1. The highest BCUT2D eigenvalue weighted by atomic mass is 19.1. The highest BCUT2D eigenvalue weighted by Gasteiger charge is 2.28. The first kappa shape index (κ1) is 14.0. The summed E-state index contributed by atoms with van der Waals surface area (Å²) in [5.74, 6) is -0.959. The molecule has 2 aromatic carbocycles. The normalized spacial score (nSPS) is 18.8. The van der Waals surface area contributed by atoms with Gasteiger partial charge in [0.2, 0.25) is 0 Å². The van der Waals surface area contributed by atoms with Gasteiger partial charge in [-0.2, -0.15) is 0 Å². The molecule has 0 aromatic heterocycles. The van der Waals surface area contributed by atoms with Gasteiger partial charge in [0.15, 0.2) is 5.82 Å². The van der Waals surface area contributed by atoms with Gasteiger partial charge < -0.3 is 10.2 Å². The molecule has 110 valence electrons. The molecule has 0 amide bonds. The van der Waals surface area contributed by atoms with Crippen LogP contribution in [0.4, 0.5) is 14.5 Å². The molecule has 2 aromatic rings. The molecule has 0 radical (unpaired) electrons. The van der Waals surface area contributed by atoms with Gasteiger partial charge >= 0.3 is 0 Å². The Morgan fingerprint density at radius 2 is 1.86 bits per heavy atom. The van der Waals surface area contributed by atoms with Crippen LogP contribution in [0.5, 0.6) is 0 Å². The molecule has 1 N–H and O–H groups in total.